The van der Waals surface area contributed by atoms with Gasteiger partial charge in [-0.2, -0.15) is 11.8 Å². The van der Waals surface area contributed by atoms with Gasteiger partial charge < -0.3 is 10.4 Å². The number of aliphatic carboxylic acids is 1. The third-order valence-electron chi connectivity index (χ3n) is 3.03. The van der Waals surface area contributed by atoms with E-state index in [0.29, 0.717) is 18.0 Å². The molecule has 1 fully saturated rings. The lowest BCUT2D eigenvalue weighted by molar-refractivity contribution is -0.131. The maximum atomic E-state index is 12.1. The van der Waals surface area contributed by atoms with Crippen LogP contribution in [-0.2, 0) is 4.79 Å². The number of nitrogens with one attached hydrogen (secondary N) is 1. The van der Waals surface area contributed by atoms with Crippen LogP contribution in [0.4, 0.5) is 0 Å². The normalized spacial score (nSPS) is 18.3. The smallest absolute Gasteiger partial charge is 0.328 e. The summed E-state index contributed by atoms with van der Waals surface area (Å²) >= 11 is 1.90. The molecule has 1 aliphatic heterocycles. The molecule has 5 nitrogen and oxygen atoms in total. The lowest BCUT2D eigenvalue weighted by atomic mass is 10.1. The SMILES string of the molecule is O=C(O)/C=C/c1cccnc1C(=O)NCC1CCSC1. The lowest BCUT2D eigenvalue weighted by Crippen LogP contribution is -2.30. The van der Waals surface area contributed by atoms with Crippen LogP contribution in [0.25, 0.3) is 6.08 Å². The molecule has 0 aromatic carbocycles. The van der Waals surface area contributed by atoms with Gasteiger partial charge in [0.2, 0.25) is 0 Å². The van der Waals surface area contributed by atoms with Crippen LogP contribution < -0.4 is 5.32 Å². The molecular weight excluding hydrogens is 276 g/mol. The Morgan fingerprint density at radius 1 is 1.55 bits per heavy atom. The third-order valence-corrected chi connectivity index (χ3v) is 4.27. The number of aromatic nitrogens is 1. The van der Waals surface area contributed by atoms with E-state index in [1.165, 1.54) is 12.3 Å². The van der Waals surface area contributed by atoms with Crippen molar-refractivity contribution in [1.82, 2.24) is 10.3 Å². The topological polar surface area (TPSA) is 79.3 Å². The van der Waals surface area contributed by atoms with E-state index < -0.39 is 5.97 Å². The fourth-order valence-electron chi connectivity index (χ4n) is 1.97. The molecule has 0 spiro atoms. The molecule has 106 valence electrons. The second-order valence-corrected chi connectivity index (χ2v) is 5.70. The van der Waals surface area contributed by atoms with Crippen molar-refractivity contribution in [2.24, 2.45) is 5.92 Å². The molecule has 1 aromatic rings. The van der Waals surface area contributed by atoms with E-state index in [1.807, 2.05) is 11.8 Å². The molecular formula is C14H16N2O3S. The Bertz CT molecular complexity index is 525. The Morgan fingerprint density at radius 2 is 2.40 bits per heavy atom. The van der Waals surface area contributed by atoms with E-state index in [9.17, 15) is 9.59 Å². The summed E-state index contributed by atoms with van der Waals surface area (Å²) in [5, 5.41) is 11.5. The number of thioether (sulfide) groups is 1. The molecule has 1 amide bonds. The monoisotopic (exact) mass is 292 g/mol. The fourth-order valence-corrected chi connectivity index (χ4v) is 3.25. The highest BCUT2D eigenvalue weighted by Crippen LogP contribution is 2.22. The fraction of sp³-hybridized carbons (Fsp3) is 0.357. The van der Waals surface area contributed by atoms with Crippen LogP contribution in [0.2, 0.25) is 0 Å². The van der Waals surface area contributed by atoms with Crippen molar-refractivity contribution in [1.29, 1.82) is 0 Å². The molecule has 2 heterocycles. The summed E-state index contributed by atoms with van der Waals surface area (Å²) in [5.41, 5.74) is 0.767. The molecule has 2 N–H and O–H groups in total. The molecule has 1 aliphatic rings. The molecule has 0 bridgehead atoms. The van der Waals surface area contributed by atoms with Crippen molar-refractivity contribution in [2.45, 2.75) is 6.42 Å². The number of carboxylic acids is 1. The Labute approximate surface area is 121 Å². The molecule has 1 saturated heterocycles. The van der Waals surface area contributed by atoms with Crippen molar-refractivity contribution in [3.05, 3.63) is 35.7 Å². The van der Waals surface area contributed by atoms with Gasteiger partial charge in [-0.3, -0.25) is 9.78 Å². The average molecular weight is 292 g/mol. The zero-order chi connectivity index (χ0) is 14.4. The van der Waals surface area contributed by atoms with Gasteiger partial charge in [0.15, 0.2) is 0 Å². The van der Waals surface area contributed by atoms with Crippen molar-refractivity contribution < 1.29 is 14.7 Å². The number of rotatable bonds is 5. The van der Waals surface area contributed by atoms with Gasteiger partial charge >= 0.3 is 5.97 Å². The quantitative estimate of drug-likeness (QED) is 0.807. The zero-order valence-electron chi connectivity index (χ0n) is 10.9. The first-order valence-electron chi connectivity index (χ1n) is 6.39. The molecule has 0 radical (unpaired) electrons. The van der Waals surface area contributed by atoms with Crippen molar-refractivity contribution in [3.8, 4) is 0 Å². The Kier molecular flexibility index (Phi) is 5.17. The summed E-state index contributed by atoms with van der Waals surface area (Å²) in [6.07, 6.45) is 5.04. The van der Waals surface area contributed by atoms with Crippen LogP contribution in [0.15, 0.2) is 24.4 Å². The third kappa shape index (κ3) is 4.09. The van der Waals surface area contributed by atoms with Crippen molar-refractivity contribution in [3.63, 3.8) is 0 Å². The number of nitrogens with zero attached hydrogens (tertiary/aromatic N) is 1. The van der Waals surface area contributed by atoms with E-state index in [1.54, 1.807) is 12.1 Å². The minimum Gasteiger partial charge on any atom is -0.478 e. The van der Waals surface area contributed by atoms with E-state index in [-0.39, 0.29) is 11.6 Å². The predicted octanol–water partition coefficient (Wildman–Crippen LogP) is 1.66. The lowest BCUT2D eigenvalue weighted by Gasteiger charge is -2.10. The van der Waals surface area contributed by atoms with Gasteiger partial charge in [-0.1, -0.05) is 6.07 Å². The van der Waals surface area contributed by atoms with Crippen LogP contribution in [0.1, 0.15) is 22.5 Å². The second-order valence-electron chi connectivity index (χ2n) is 4.55. The molecule has 1 aromatic heterocycles. The first-order valence-corrected chi connectivity index (χ1v) is 7.54. The average Bonchev–Trinajstić information content (AvgIpc) is 2.96. The summed E-state index contributed by atoms with van der Waals surface area (Å²) in [5.74, 6) is 1.44. The van der Waals surface area contributed by atoms with E-state index >= 15 is 0 Å². The maximum Gasteiger partial charge on any atom is 0.328 e. The van der Waals surface area contributed by atoms with E-state index in [4.69, 9.17) is 5.11 Å². The number of carbonyl (C=O) groups is 2. The standard InChI is InChI=1S/C14H16N2O3S/c17-12(18)4-3-11-2-1-6-15-13(11)14(19)16-8-10-5-7-20-9-10/h1-4,6,10H,5,7-9H2,(H,16,19)(H,17,18)/b4-3+. The van der Waals surface area contributed by atoms with Crippen LogP contribution in [0, 0.1) is 5.92 Å². The van der Waals surface area contributed by atoms with Gasteiger partial charge in [0.25, 0.3) is 5.91 Å². The zero-order valence-corrected chi connectivity index (χ0v) is 11.7. The largest absolute Gasteiger partial charge is 0.478 e. The van der Waals surface area contributed by atoms with Crippen molar-refractivity contribution >= 4 is 29.7 Å². The first-order chi connectivity index (χ1) is 9.66. The van der Waals surface area contributed by atoms with E-state index in [0.717, 1.165) is 24.0 Å². The molecule has 1 atom stereocenters. The van der Waals surface area contributed by atoms with Crippen molar-refractivity contribution in [2.75, 3.05) is 18.1 Å². The van der Waals surface area contributed by atoms with E-state index in [2.05, 4.69) is 10.3 Å². The first kappa shape index (κ1) is 14.6. The Morgan fingerprint density at radius 3 is 3.10 bits per heavy atom. The summed E-state index contributed by atoms with van der Waals surface area (Å²) < 4.78 is 0. The highest BCUT2D eigenvalue weighted by Gasteiger charge is 2.18. The molecule has 20 heavy (non-hydrogen) atoms. The number of hydrogen-bond acceptors (Lipinski definition) is 4. The second kappa shape index (κ2) is 7.09. The molecule has 0 aliphatic carbocycles. The highest BCUT2D eigenvalue weighted by molar-refractivity contribution is 7.99. The van der Waals surface area contributed by atoms with Gasteiger partial charge in [-0.15, -0.1) is 0 Å². The van der Waals surface area contributed by atoms with Gasteiger partial charge in [0, 0.05) is 24.4 Å². The Balaban J connectivity index is 2.02. The summed E-state index contributed by atoms with van der Waals surface area (Å²) in [6, 6.07) is 3.35. The van der Waals surface area contributed by atoms with Gasteiger partial charge in [-0.25, -0.2) is 4.79 Å². The van der Waals surface area contributed by atoms with Gasteiger partial charge in [0.05, 0.1) is 0 Å². The van der Waals surface area contributed by atoms with Crippen LogP contribution >= 0.6 is 11.8 Å². The van der Waals surface area contributed by atoms with Crippen LogP contribution in [0.3, 0.4) is 0 Å². The number of carboxylic acid groups (broad SMARTS) is 1. The summed E-state index contributed by atoms with van der Waals surface area (Å²) in [6.45, 7) is 0.643. The summed E-state index contributed by atoms with van der Waals surface area (Å²) in [4.78, 5) is 26.7. The predicted molar refractivity (Wildman–Crippen MR) is 78.7 cm³/mol. The number of carbonyl (C=O) groups excluding carboxylic acids is 1. The minimum atomic E-state index is -1.05. The van der Waals surface area contributed by atoms with Gasteiger partial charge in [-0.05, 0) is 36.0 Å². The van der Waals surface area contributed by atoms with Crippen LogP contribution in [0.5, 0.6) is 0 Å². The molecule has 0 saturated carbocycles. The molecule has 1 unspecified atom stereocenters. The number of hydrogen-bond donors (Lipinski definition) is 2. The molecule has 6 heteroatoms. The number of amides is 1. The summed E-state index contributed by atoms with van der Waals surface area (Å²) in [7, 11) is 0. The number of pyridine rings is 1. The maximum absolute atomic E-state index is 12.1. The van der Waals surface area contributed by atoms with Crippen LogP contribution in [-0.4, -0.2) is 40.0 Å². The molecule has 2 rings (SSSR count). The van der Waals surface area contributed by atoms with Gasteiger partial charge in [0.1, 0.15) is 5.69 Å². The highest BCUT2D eigenvalue weighted by atomic mass is 32.2. The minimum absolute atomic E-state index is 0.257. The Hall–Kier alpha value is -1.82.